The summed E-state index contributed by atoms with van der Waals surface area (Å²) in [7, 11) is 0. The number of nitriles is 1. The third-order valence-electron chi connectivity index (χ3n) is 4.65. The van der Waals surface area contributed by atoms with Gasteiger partial charge in [0.2, 0.25) is 0 Å². The molecule has 2 aromatic rings. The Bertz CT molecular complexity index is 813. The van der Waals surface area contributed by atoms with Crippen LogP contribution in [0.4, 0.5) is 0 Å². The number of rotatable bonds is 9. The molecule has 0 aliphatic rings. The van der Waals surface area contributed by atoms with Gasteiger partial charge in [-0.2, -0.15) is 5.26 Å². The summed E-state index contributed by atoms with van der Waals surface area (Å²) in [5, 5.41) is 12.5. The van der Waals surface area contributed by atoms with Crippen molar-refractivity contribution in [2.75, 3.05) is 19.6 Å². The zero-order chi connectivity index (χ0) is 20.5. The Morgan fingerprint density at radius 3 is 2.39 bits per heavy atom. The number of benzene rings is 2. The zero-order valence-corrected chi connectivity index (χ0v) is 17.2. The molecule has 0 saturated heterocycles. The van der Waals surface area contributed by atoms with Gasteiger partial charge in [0.25, 0.3) is 5.91 Å². The van der Waals surface area contributed by atoms with Gasteiger partial charge in [-0.1, -0.05) is 43.6 Å². The van der Waals surface area contributed by atoms with Crippen LogP contribution in [0.15, 0.2) is 48.5 Å². The Balaban J connectivity index is 2.03. The molecule has 0 bridgehead atoms. The molecule has 28 heavy (non-hydrogen) atoms. The largest absolute Gasteiger partial charge is 0.481 e. The molecule has 0 aliphatic carbocycles. The van der Waals surface area contributed by atoms with Gasteiger partial charge in [-0.15, -0.1) is 0 Å². The number of hydrogen-bond donors (Lipinski definition) is 1. The van der Waals surface area contributed by atoms with E-state index in [0.29, 0.717) is 22.9 Å². The third-order valence-corrected chi connectivity index (χ3v) is 5.00. The van der Waals surface area contributed by atoms with E-state index >= 15 is 0 Å². The van der Waals surface area contributed by atoms with Crippen LogP contribution < -0.4 is 10.1 Å². The standard InChI is InChI=1S/C22H26ClN3O2/c1-4-26(5-2)21(19-8-6-7-9-20(19)23)15-25-22(27)16(3)28-18-12-10-17(14-24)11-13-18/h6-13,16,21H,4-5,15H2,1-3H3,(H,25,27). The Hall–Kier alpha value is -2.55. The first-order chi connectivity index (χ1) is 13.5. The molecule has 5 nitrogen and oxygen atoms in total. The SMILES string of the molecule is CCN(CC)C(CNC(=O)C(C)Oc1ccc(C#N)cc1)c1ccccc1Cl. The average Bonchev–Trinajstić information content (AvgIpc) is 2.72. The summed E-state index contributed by atoms with van der Waals surface area (Å²) in [5.41, 5.74) is 1.54. The lowest BCUT2D eigenvalue weighted by atomic mass is 10.0. The maximum atomic E-state index is 12.6. The Morgan fingerprint density at radius 1 is 1.18 bits per heavy atom. The summed E-state index contributed by atoms with van der Waals surface area (Å²) in [5.74, 6) is 0.349. The van der Waals surface area contributed by atoms with Gasteiger partial charge in [0.1, 0.15) is 5.75 Å². The van der Waals surface area contributed by atoms with E-state index < -0.39 is 6.10 Å². The van der Waals surface area contributed by atoms with Crippen molar-refractivity contribution in [1.29, 1.82) is 5.26 Å². The predicted molar refractivity (Wildman–Crippen MR) is 111 cm³/mol. The lowest BCUT2D eigenvalue weighted by Crippen LogP contribution is -2.42. The van der Waals surface area contributed by atoms with Crippen molar-refractivity contribution in [2.24, 2.45) is 0 Å². The summed E-state index contributed by atoms with van der Waals surface area (Å²) in [6.45, 7) is 8.01. The maximum absolute atomic E-state index is 12.6. The molecule has 6 heteroatoms. The Morgan fingerprint density at radius 2 is 1.82 bits per heavy atom. The second-order valence-electron chi connectivity index (χ2n) is 6.40. The van der Waals surface area contributed by atoms with Gasteiger partial charge in [0.05, 0.1) is 17.7 Å². The number of amides is 1. The van der Waals surface area contributed by atoms with Crippen molar-refractivity contribution in [1.82, 2.24) is 10.2 Å². The van der Waals surface area contributed by atoms with Gasteiger partial charge < -0.3 is 10.1 Å². The van der Waals surface area contributed by atoms with Crippen LogP contribution in [0.5, 0.6) is 5.75 Å². The molecular weight excluding hydrogens is 374 g/mol. The average molecular weight is 400 g/mol. The van der Waals surface area contributed by atoms with Gasteiger partial charge in [0, 0.05) is 11.6 Å². The molecular formula is C22H26ClN3O2. The van der Waals surface area contributed by atoms with Crippen LogP contribution in [0, 0.1) is 11.3 Å². The maximum Gasteiger partial charge on any atom is 0.260 e. The van der Waals surface area contributed by atoms with Crippen molar-refractivity contribution in [3.63, 3.8) is 0 Å². The molecule has 1 amide bonds. The van der Waals surface area contributed by atoms with E-state index in [0.717, 1.165) is 18.7 Å². The van der Waals surface area contributed by atoms with Crippen molar-refractivity contribution in [3.8, 4) is 11.8 Å². The molecule has 1 N–H and O–H groups in total. The van der Waals surface area contributed by atoms with Crippen molar-refractivity contribution in [3.05, 3.63) is 64.7 Å². The molecule has 0 spiro atoms. The van der Waals surface area contributed by atoms with E-state index in [2.05, 4.69) is 30.1 Å². The second-order valence-corrected chi connectivity index (χ2v) is 6.81. The fourth-order valence-electron chi connectivity index (χ4n) is 3.05. The highest BCUT2D eigenvalue weighted by molar-refractivity contribution is 6.31. The van der Waals surface area contributed by atoms with Crippen molar-refractivity contribution in [2.45, 2.75) is 32.9 Å². The normalized spacial score (nSPS) is 12.9. The van der Waals surface area contributed by atoms with E-state index in [9.17, 15) is 4.79 Å². The third kappa shape index (κ3) is 5.72. The topological polar surface area (TPSA) is 65.4 Å². The van der Waals surface area contributed by atoms with Crippen LogP contribution >= 0.6 is 11.6 Å². The number of carbonyl (C=O) groups excluding carboxylic acids is 1. The summed E-state index contributed by atoms with van der Waals surface area (Å²) >= 11 is 6.40. The first kappa shape index (κ1) is 21.7. The number of nitrogens with one attached hydrogen (secondary N) is 1. The molecule has 2 aromatic carbocycles. The minimum absolute atomic E-state index is 0.0187. The van der Waals surface area contributed by atoms with Crippen LogP contribution in [0.25, 0.3) is 0 Å². The zero-order valence-electron chi connectivity index (χ0n) is 16.5. The molecule has 2 atom stereocenters. The smallest absolute Gasteiger partial charge is 0.260 e. The van der Waals surface area contributed by atoms with E-state index in [1.807, 2.05) is 24.3 Å². The quantitative estimate of drug-likeness (QED) is 0.687. The molecule has 0 aromatic heterocycles. The lowest BCUT2D eigenvalue weighted by molar-refractivity contribution is -0.127. The van der Waals surface area contributed by atoms with E-state index in [-0.39, 0.29) is 11.9 Å². The fourth-order valence-corrected chi connectivity index (χ4v) is 3.31. The van der Waals surface area contributed by atoms with Gasteiger partial charge >= 0.3 is 0 Å². The minimum atomic E-state index is -0.656. The number of hydrogen-bond acceptors (Lipinski definition) is 4. The highest BCUT2D eigenvalue weighted by Crippen LogP contribution is 2.27. The summed E-state index contributed by atoms with van der Waals surface area (Å²) in [4.78, 5) is 14.8. The summed E-state index contributed by atoms with van der Waals surface area (Å²) in [6, 6.07) is 16.4. The summed E-state index contributed by atoms with van der Waals surface area (Å²) < 4.78 is 5.69. The van der Waals surface area contributed by atoms with Crippen LogP contribution in [0.3, 0.4) is 0 Å². The fraction of sp³-hybridized carbons (Fsp3) is 0.364. The first-order valence-electron chi connectivity index (χ1n) is 9.43. The molecule has 2 rings (SSSR count). The van der Waals surface area contributed by atoms with Crippen molar-refractivity contribution >= 4 is 17.5 Å². The molecule has 0 radical (unpaired) electrons. The first-order valence-corrected chi connectivity index (χ1v) is 9.80. The number of ether oxygens (including phenoxy) is 1. The van der Waals surface area contributed by atoms with Crippen LogP contribution in [-0.2, 0) is 4.79 Å². The van der Waals surface area contributed by atoms with Gasteiger partial charge in [-0.05, 0) is 55.9 Å². The van der Waals surface area contributed by atoms with Gasteiger partial charge in [-0.3, -0.25) is 9.69 Å². The van der Waals surface area contributed by atoms with E-state index in [1.165, 1.54) is 0 Å². The van der Waals surface area contributed by atoms with Crippen LogP contribution in [0.1, 0.15) is 37.9 Å². The Kier molecular flexibility index (Phi) is 8.31. The molecule has 0 heterocycles. The monoisotopic (exact) mass is 399 g/mol. The van der Waals surface area contributed by atoms with Crippen LogP contribution in [-0.4, -0.2) is 36.5 Å². The van der Waals surface area contributed by atoms with E-state index in [1.54, 1.807) is 31.2 Å². The molecule has 0 fully saturated rings. The second kappa shape index (κ2) is 10.7. The number of likely N-dealkylation sites (N-methyl/N-ethyl adjacent to an activating group) is 1. The Labute approximate surface area is 171 Å². The molecule has 0 saturated carbocycles. The highest BCUT2D eigenvalue weighted by Gasteiger charge is 2.23. The molecule has 148 valence electrons. The summed E-state index contributed by atoms with van der Waals surface area (Å²) in [6.07, 6.45) is -0.656. The van der Waals surface area contributed by atoms with Gasteiger partial charge in [-0.25, -0.2) is 0 Å². The molecule has 2 unspecified atom stereocenters. The number of nitrogens with zero attached hydrogens (tertiary/aromatic N) is 2. The van der Waals surface area contributed by atoms with Crippen molar-refractivity contribution < 1.29 is 9.53 Å². The van der Waals surface area contributed by atoms with Crippen LogP contribution in [0.2, 0.25) is 5.02 Å². The highest BCUT2D eigenvalue weighted by atomic mass is 35.5. The van der Waals surface area contributed by atoms with Gasteiger partial charge in [0.15, 0.2) is 6.10 Å². The number of carbonyl (C=O) groups is 1. The number of halogens is 1. The molecule has 0 aliphatic heterocycles. The lowest BCUT2D eigenvalue weighted by Gasteiger charge is -2.31. The van der Waals surface area contributed by atoms with E-state index in [4.69, 9.17) is 21.6 Å². The minimum Gasteiger partial charge on any atom is -0.481 e. The predicted octanol–water partition coefficient (Wildman–Crippen LogP) is 4.18.